The van der Waals surface area contributed by atoms with E-state index in [1.165, 1.54) is 24.3 Å². The maximum atomic E-state index is 12.5. The third kappa shape index (κ3) is 5.07. The summed E-state index contributed by atoms with van der Waals surface area (Å²) in [4.78, 5) is 12.2. The van der Waals surface area contributed by atoms with E-state index >= 15 is 0 Å². The van der Waals surface area contributed by atoms with Crippen LogP contribution in [0.3, 0.4) is 0 Å². The van der Waals surface area contributed by atoms with Crippen LogP contribution >= 0.6 is 0 Å². The molecule has 0 spiro atoms. The Hall–Kier alpha value is -3.72. The van der Waals surface area contributed by atoms with Gasteiger partial charge in [-0.05, 0) is 55.5 Å². The molecule has 0 aliphatic carbocycles. The molecule has 9 heteroatoms. The Bertz CT molecular complexity index is 1190. The lowest BCUT2D eigenvalue weighted by atomic mass is 10.2. The van der Waals surface area contributed by atoms with Gasteiger partial charge in [-0.25, -0.2) is 8.42 Å². The standard InChI is InChI=1S/C22H20N2O6S/c1-15-2-4-16(5-3-15)24-31(26,27)19-9-7-18(8-10-19)28-13-22(25)23-17-6-11-20-21(12-17)30-14-29-20/h2-12,24H,13-14H2,1H3,(H,23,25). The van der Waals surface area contributed by atoms with Gasteiger partial charge in [-0.3, -0.25) is 9.52 Å². The molecule has 31 heavy (non-hydrogen) atoms. The number of ether oxygens (including phenoxy) is 3. The highest BCUT2D eigenvalue weighted by Crippen LogP contribution is 2.34. The van der Waals surface area contributed by atoms with Crippen molar-refractivity contribution in [3.05, 3.63) is 72.3 Å². The smallest absolute Gasteiger partial charge is 0.262 e. The van der Waals surface area contributed by atoms with Crippen LogP contribution in [0, 0.1) is 6.92 Å². The minimum Gasteiger partial charge on any atom is -0.484 e. The van der Waals surface area contributed by atoms with Gasteiger partial charge in [0, 0.05) is 17.4 Å². The summed E-state index contributed by atoms with van der Waals surface area (Å²) in [6, 6.07) is 18.0. The van der Waals surface area contributed by atoms with E-state index in [0.29, 0.717) is 28.6 Å². The van der Waals surface area contributed by atoms with Crippen molar-refractivity contribution < 1.29 is 27.4 Å². The molecule has 0 unspecified atom stereocenters. The molecular formula is C22H20N2O6S. The van der Waals surface area contributed by atoms with Crippen molar-refractivity contribution in [1.82, 2.24) is 0 Å². The SMILES string of the molecule is Cc1ccc(NS(=O)(=O)c2ccc(OCC(=O)Nc3ccc4c(c3)OCO4)cc2)cc1. The second-order valence-electron chi connectivity index (χ2n) is 6.85. The Kier molecular flexibility index (Phi) is 5.68. The highest BCUT2D eigenvalue weighted by Gasteiger charge is 2.16. The summed E-state index contributed by atoms with van der Waals surface area (Å²) in [7, 11) is -3.73. The highest BCUT2D eigenvalue weighted by molar-refractivity contribution is 7.92. The molecule has 3 aromatic carbocycles. The van der Waals surface area contributed by atoms with E-state index < -0.39 is 10.0 Å². The number of rotatable bonds is 7. The molecule has 8 nitrogen and oxygen atoms in total. The van der Waals surface area contributed by atoms with Crippen molar-refractivity contribution in [2.45, 2.75) is 11.8 Å². The van der Waals surface area contributed by atoms with Gasteiger partial charge in [-0.2, -0.15) is 0 Å². The van der Waals surface area contributed by atoms with E-state index in [2.05, 4.69) is 10.0 Å². The third-order valence-electron chi connectivity index (χ3n) is 4.46. The molecule has 0 radical (unpaired) electrons. The van der Waals surface area contributed by atoms with E-state index in [1.54, 1.807) is 30.3 Å². The number of fused-ring (bicyclic) bond motifs is 1. The van der Waals surface area contributed by atoms with Crippen LogP contribution in [0.5, 0.6) is 17.2 Å². The molecule has 1 heterocycles. The van der Waals surface area contributed by atoms with Crippen LogP contribution in [-0.4, -0.2) is 27.7 Å². The van der Waals surface area contributed by atoms with E-state index in [4.69, 9.17) is 14.2 Å². The van der Waals surface area contributed by atoms with Crippen molar-refractivity contribution in [3.63, 3.8) is 0 Å². The first-order chi connectivity index (χ1) is 14.9. The Morgan fingerprint density at radius 1 is 0.935 bits per heavy atom. The Labute approximate surface area is 179 Å². The maximum absolute atomic E-state index is 12.5. The summed E-state index contributed by atoms with van der Waals surface area (Å²) >= 11 is 0. The van der Waals surface area contributed by atoms with Gasteiger partial charge >= 0.3 is 0 Å². The number of hydrogen-bond acceptors (Lipinski definition) is 6. The number of aryl methyl sites for hydroxylation is 1. The molecule has 4 rings (SSSR count). The summed E-state index contributed by atoms with van der Waals surface area (Å²) in [5.74, 6) is 1.20. The predicted octanol–water partition coefficient (Wildman–Crippen LogP) is 3.54. The zero-order valence-electron chi connectivity index (χ0n) is 16.6. The van der Waals surface area contributed by atoms with Gasteiger partial charge in [0.1, 0.15) is 5.75 Å². The van der Waals surface area contributed by atoms with Crippen LogP contribution < -0.4 is 24.2 Å². The van der Waals surface area contributed by atoms with Crippen molar-refractivity contribution in [2.24, 2.45) is 0 Å². The van der Waals surface area contributed by atoms with Crippen molar-refractivity contribution in [1.29, 1.82) is 0 Å². The topological polar surface area (TPSA) is 103 Å². The van der Waals surface area contributed by atoms with E-state index in [0.717, 1.165) is 5.56 Å². The average molecular weight is 440 g/mol. The molecule has 2 N–H and O–H groups in total. The van der Waals surface area contributed by atoms with Crippen LogP contribution in [0.1, 0.15) is 5.56 Å². The van der Waals surface area contributed by atoms with Crippen LogP contribution in [-0.2, 0) is 14.8 Å². The van der Waals surface area contributed by atoms with Crippen molar-refractivity contribution in [3.8, 4) is 17.2 Å². The molecular weight excluding hydrogens is 420 g/mol. The lowest BCUT2D eigenvalue weighted by Gasteiger charge is -2.10. The molecule has 0 aromatic heterocycles. The summed E-state index contributed by atoms with van der Waals surface area (Å²) in [5, 5.41) is 2.70. The van der Waals surface area contributed by atoms with Gasteiger partial charge in [-0.1, -0.05) is 17.7 Å². The lowest BCUT2D eigenvalue weighted by molar-refractivity contribution is -0.118. The average Bonchev–Trinajstić information content (AvgIpc) is 3.22. The number of anilines is 2. The van der Waals surface area contributed by atoms with Gasteiger partial charge in [0.25, 0.3) is 15.9 Å². The molecule has 0 bridgehead atoms. The molecule has 1 aliphatic rings. The lowest BCUT2D eigenvalue weighted by Crippen LogP contribution is -2.20. The number of amides is 1. The monoisotopic (exact) mass is 440 g/mol. The Morgan fingerprint density at radius 3 is 2.35 bits per heavy atom. The predicted molar refractivity (Wildman–Crippen MR) is 115 cm³/mol. The fourth-order valence-electron chi connectivity index (χ4n) is 2.87. The minimum atomic E-state index is -3.73. The molecule has 0 atom stereocenters. The second kappa shape index (κ2) is 8.57. The summed E-state index contributed by atoms with van der Waals surface area (Å²) in [5.41, 5.74) is 2.07. The van der Waals surface area contributed by atoms with Gasteiger partial charge in [0.05, 0.1) is 4.90 Å². The molecule has 3 aromatic rings. The van der Waals surface area contributed by atoms with Gasteiger partial charge < -0.3 is 19.5 Å². The van der Waals surface area contributed by atoms with E-state index in [9.17, 15) is 13.2 Å². The van der Waals surface area contributed by atoms with Crippen LogP contribution in [0.2, 0.25) is 0 Å². The largest absolute Gasteiger partial charge is 0.484 e. The van der Waals surface area contributed by atoms with Crippen molar-refractivity contribution >= 4 is 27.3 Å². The molecule has 0 saturated carbocycles. The number of carbonyl (C=O) groups excluding carboxylic acids is 1. The number of hydrogen-bond donors (Lipinski definition) is 2. The Morgan fingerprint density at radius 2 is 1.61 bits per heavy atom. The molecule has 160 valence electrons. The number of nitrogens with one attached hydrogen (secondary N) is 2. The zero-order valence-corrected chi connectivity index (χ0v) is 17.4. The first kappa shape index (κ1) is 20.5. The summed E-state index contributed by atoms with van der Waals surface area (Å²) in [6.07, 6.45) is 0. The van der Waals surface area contributed by atoms with E-state index in [1.807, 2.05) is 19.1 Å². The first-order valence-corrected chi connectivity index (χ1v) is 10.9. The summed E-state index contributed by atoms with van der Waals surface area (Å²) < 4.78 is 43.5. The van der Waals surface area contributed by atoms with Gasteiger partial charge in [-0.15, -0.1) is 0 Å². The quantitative estimate of drug-likeness (QED) is 0.583. The molecule has 0 fully saturated rings. The number of carbonyl (C=O) groups is 1. The fraction of sp³-hybridized carbons (Fsp3) is 0.136. The second-order valence-corrected chi connectivity index (χ2v) is 8.53. The molecule has 1 aliphatic heterocycles. The first-order valence-electron chi connectivity index (χ1n) is 9.41. The molecule has 1 amide bonds. The van der Waals surface area contributed by atoms with Gasteiger partial charge in [0.15, 0.2) is 18.1 Å². The van der Waals surface area contributed by atoms with Crippen LogP contribution in [0.25, 0.3) is 0 Å². The maximum Gasteiger partial charge on any atom is 0.262 e. The fourth-order valence-corrected chi connectivity index (χ4v) is 3.93. The minimum absolute atomic E-state index is 0.0882. The highest BCUT2D eigenvalue weighted by atomic mass is 32.2. The van der Waals surface area contributed by atoms with Gasteiger partial charge in [0.2, 0.25) is 6.79 Å². The van der Waals surface area contributed by atoms with E-state index in [-0.39, 0.29) is 24.2 Å². The molecule has 0 saturated heterocycles. The normalized spacial score (nSPS) is 12.3. The van der Waals surface area contributed by atoms with Crippen LogP contribution in [0.4, 0.5) is 11.4 Å². The Balaban J connectivity index is 1.32. The number of sulfonamides is 1. The summed E-state index contributed by atoms with van der Waals surface area (Å²) in [6.45, 7) is 1.84. The van der Waals surface area contributed by atoms with Crippen molar-refractivity contribution in [2.75, 3.05) is 23.4 Å². The zero-order chi connectivity index (χ0) is 21.8. The third-order valence-corrected chi connectivity index (χ3v) is 5.86. The van der Waals surface area contributed by atoms with Crippen LogP contribution in [0.15, 0.2) is 71.6 Å². The number of benzene rings is 3.